The average Bonchev–Trinajstić information content (AvgIpc) is 3.13. The summed E-state index contributed by atoms with van der Waals surface area (Å²) in [5, 5.41) is 20.4. The Balaban J connectivity index is 1.72. The van der Waals surface area contributed by atoms with Gasteiger partial charge in [0.15, 0.2) is 0 Å². The van der Waals surface area contributed by atoms with Gasteiger partial charge in [0.1, 0.15) is 0 Å². The second kappa shape index (κ2) is 6.08. The Morgan fingerprint density at radius 2 is 1.80 bits per heavy atom. The van der Waals surface area contributed by atoms with Crippen LogP contribution >= 0.6 is 11.8 Å². The van der Waals surface area contributed by atoms with Crippen LogP contribution < -0.4 is 0 Å². The van der Waals surface area contributed by atoms with E-state index in [-0.39, 0.29) is 18.6 Å². The van der Waals surface area contributed by atoms with Crippen molar-refractivity contribution in [1.82, 2.24) is 0 Å². The van der Waals surface area contributed by atoms with Crippen molar-refractivity contribution >= 4 is 11.8 Å². The maximum Gasteiger partial charge on any atom is 0.0512 e. The van der Waals surface area contributed by atoms with Crippen LogP contribution in [0.5, 0.6) is 0 Å². The van der Waals surface area contributed by atoms with Crippen LogP contribution in [-0.4, -0.2) is 28.7 Å². The lowest BCUT2D eigenvalue weighted by molar-refractivity contribution is -0.00155. The topological polar surface area (TPSA) is 40.5 Å². The monoisotopic (exact) mass is 292 g/mol. The lowest BCUT2D eigenvalue weighted by atomic mass is 9.72. The molecule has 20 heavy (non-hydrogen) atoms. The minimum Gasteiger partial charge on any atom is -0.396 e. The minimum atomic E-state index is -0.268. The predicted octanol–water partition coefficient (Wildman–Crippen LogP) is 3.25. The molecule has 2 nitrogen and oxygen atoms in total. The highest BCUT2D eigenvalue weighted by atomic mass is 32.2. The zero-order valence-corrected chi connectivity index (χ0v) is 12.7. The van der Waals surface area contributed by atoms with Crippen molar-refractivity contribution in [3.63, 3.8) is 0 Å². The molecule has 1 atom stereocenters. The molecule has 1 aromatic carbocycles. The largest absolute Gasteiger partial charge is 0.396 e. The van der Waals surface area contributed by atoms with E-state index in [0.717, 1.165) is 12.8 Å². The van der Waals surface area contributed by atoms with Crippen LogP contribution in [0, 0.1) is 11.3 Å². The minimum absolute atomic E-state index is 0.127. The summed E-state index contributed by atoms with van der Waals surface area (Å²) in [7, 11) is 0. The van der Waals surface area contributed by atoms with Gasteiger partial charge in [0.05, 0.1) is 13.2 Å². The van der Waals surface area contributed by atoms with Gasteiger partial charge in [-0.1, -0.05) is 31.0 Å². The molecule has 2 N–H and O–H groups in total. The summed E-state index contributed by atoms with van der Waals surface area (Å²) in [4.78, 5) is 1.38. The summed E-state index contributed by atoms with van der Waals surface area (Å²) in [6.07, 6.45) is 6.87. The Hall–Kier alpha value is -0.510. The van der Waals surface area contributed by atoms with E-state index in [9.17, 15) is 10.2 Å². The number of fused-ring (bicyclic) bond motifs is 1. The summed E-state index contributed by atoms with van der Waals surface area (Å²) in [5.41, 5.74) is 1.16. The van der Waals surface area contributed by atoms with Gasteiger partial charge in [-0.2, -0.15) is 0 Å². The van der Waals surface area contributed by atoms with Crippen molar-refractivity contribution in [2.45, 2.75) is 48.7 Å². The quantitative estimate of drug-likeness (QED) is 0.875. The predicted molar refractivity (Wildman–Crippen MR) is 83.0 cm³/mol. The second-order valence-corrected chi connectivity index (χ2v) is 7.76. The second-order valence-electron chi connectivity index (χ2n) is 6.42. The molecule has 1 unspecified atom stereocenters. The highest BCUT2D eigenvalue weighted by molar-refractivity contribution is 8.00. The van der Waals surface area contributed by atoms with Crippen LogP contribution in [0.15, 0.2) is 29.2 Å². The SMILES string of the molecule is OCC(CO)(CC1Cc2ccccc2S1)C1CCCC1. The van der Waals surface area contributed by atoms with Gasteiger partial charge in [-0.3, -0.25) is 0 Å². The Bertz CT molecular complexity index is 425. The molecule has 1 aliphatic heterocycles. The van der Waals surface area contributed by atoms with Crippen LogP contribution in [0.2, 0.25) is 0 Å². The van der Waals surface area contributed by atoms with Gasteiger partial charge in [-0.15, -0.1) is 11.8 Å². The van der Waals surface area contributed by atoms with E-state index in [1.807, 2.05) is 11.8 Å². The van der Waals surface area contributed by atoms with Gasteiger partial charge in [0.25, 0.3) is 0 Å². The van der Waals surface area contributed by atoms with E-state index in [2.05, 4.69) is 24.3 Å². The number of thioether (sulfide) groups is 1. The number of aliphatic hydroxyl groups is 2. The molecule has 1 aromatic rings. The highest BCUT2D eigenvalue weighted by Crippen LogP contribution is 2.48. The molecule has 0 saturated heterocycles. The maximum atomic E-state index is 9.94. The maximum absolute atomic E-state index is 9.94. The molecule has 0 bridgehead atoms. The fourth-order valence-corrected chi connectivity index (χ4v) is 5.46. The summed E-state index contributed by atoms with van der Waals surface area (Å²) in [6, 6.07) is 8.59. The Kier molecular flexibility index (Phi) is 4.39. The fraction of sp³-hybridized carbons (Fsp3) is 0.647. The van der Waals surface area contributed by atoms with Crippen molar-refractivity contribution in [2.75, 3.05) is 13.2 Å². The van der Waals surface area contributed by atoms with Crippen LogP contribution in [-0.2, 0) is 6.42 Å². The molecule has 0 amide bonds. The van der Waals surface area contributed by atoms with Crippen molar-refractivity contribution in [1.29, 1.82) is 0 Å². The zero-order chi connectivity index (χ0) is 14.0. The Morgan fingerprint density at radius 3 is 2.45 bits per heavy atom. The molecular formula is C17H24O2S. The normalized spacial score (nSPS) is 23.2. The van der Waals surface area contributed by atoms with Gasteiger partial charge < -0.3 is 10.2 Å². The van der Waals surface area contributed by atoms with E-state index in [1.54, 1.807) is 0 Å². The molecular weight excluding hydrogens is 268 g/mol. The van der Waals surface area contributed by atoms with E-state index in [4.69, 9.17) is 0 Å². The summed E-state index contributed by atoms with van der Waals surface area (Å²) < 4.78 is 0. The van der Waals surface area contributed by atoms with Crippen LogP contribution in [0.4, 0.5) is 0 Å². The standard InChI is InChI=1S/C17H24O2S/c18-11-17(12-19,14-6-2-3-7-14)10-15-9-13-5-1-4-8-16(13)20-15/h1,4-5,8,14-15,18-19H,2-3,6-7,9-12H2. The molecule has 3 heteroatoms. The summed E-state index contributed by atoms with van der Waals surface area (Å²) in [6.45, 7) is 0.253. The molecule has 0 radical (unpaired) electrons. The first-order chi connectivity index (χ1) is 9.77. The lowest BCUT2D eigenvalue weighted by Crippen LogP contribution is -2.39. The number of benzene rings is 1. The van der Waals surface area contributed by atoms with Gasteiger partial charge >= 0.3 is 0 Å². The molecule has 0 spiro atoms. The molecule has 1 heterocycles. The van der Waals surface area contributed by atoms with E-state index in [0.29, 0.717) is 11.2 Å². The van der Waals surface area contributed by atoms with Gasteiger partial charge in [-0.25, -0.2) is 0 Å². The molecule has 2 aliphatic rings. The first-order valence-corrected chi connectivity index (χ1v) is 8.62. The van der Waals surface area contributed by atoms with E-state index >= 15 is 0 Å². The zero-order valence-electron chi connectivity index (χ0n) is 11.9. The number of aliphatic hydroxyl groups excluding tert-OH is 2. The number of hydrogen-bond acceptors (Lipinski definition) is 3. The van der Waals surface area contributed by atoms with Crippen molar-refractivity contribution < 1.29 is 10.2 Å². The first kappa shape index (κ1) is 14.4. The highest BCUT2D eigenvalue weighted by Gasteiger charge is 2.42. The molecule has 1 fully saturated rings. The fourth-order valence-electron chi connectivity index (χ4n) is 3.96. The Labute approximate surface area is 125 Å². The average molecular weight is 292 g/mol. The Morgan fingerprint density at radius 1 is 1.10 bits per heavy atom. The van der Waals surface area contributed by atoms with Gasteiger partial charge in [-0.05, 0) is 43.2 Å². The van der Waals surface area contributed by atoms with Gasteiger partial charge in [0.2, 0.25) is 0 Å². The third-order valence-electron chi connectivity index (χ3n) is 5.20. The van der Waals surface area contributed by atoms with E-state index in [1.165, 1.54) is 36.1 Å². The van der Waals surface area contributed by atoms with Crippen LogP contribution in [0.1, 0.15) is 37.7 Å². The van der Waals surface area contributed by atoms with E-state index < -0.39 is 0 Å². The van der Waals surface area contributed by atoms with Crippen LogP contribution in [0.25, 0.3) is 0 Å². The molecule has 1 aliphatic carbocycles. The summed E-state index contributed by atoms with van der Waals surface area (Å²) >= 11 is 1.93. The number of rotatable bonds is 5. The van der Waals surface area contributed by atoms with Crippen molar-refractivity contribution in [3.05, 3.63) is 29.8 Å². The summed E-state index contributed by atoms with van der Waals surface area (Å²) in [5.74, 6) is 0.502. The molecule has 0 aromatic heterocycles. The van der Waals surface area contributed by atoms with Crippen LogP contribution in [0.3, 0.4) is 0 Å². The number of hydrogen-bond donors (Lipinski definition) is 2. The van der Waals surface area contributed by atoms with Crippen molar-refractivity contribution in [2.24, 2.45) is 11.3 Å². The molecule has 110 valence electrons. The van der Waals surface area contributed by atoms with Gasteiger partial charge in [0, 0.05) is 15.6 Å². The molecule has 3 rings (SSSR count). The van der Waals surface area contributed by atoms with Crippen molar-refractivity contribution in [3.8, 4) is 0 Å². The lowest BCUT2D eigenvalue weighted by Gasteiger charge is -2.37. The third kappa shape index (κ3) is 2.63. The first-order valence-electron chi connectivity index (χ1n) is 7.74. The smallest absolute Gasteiger partial charge is 0.0512 e. The third-order valence-corrected chi connectivity index (χ3v) is 6.52. The molecule has 1 saturated carbocycles.